The Hall–Kier alpha value is -0.300. The summed E-state index contributed by atoms with van der Waals surface area (Å²) in [5, 5.41) is -0.101. The van der Waals surface area contributed by atoms with Crippen LogP contribution in [0, 0.1) is 0 Å². The number of alkyl halides is 5. The molecule has 9 heteroatoms. The fourth-order valence-electron chi connectivity index (χ4n) is 1.09. The molecule has 0 aromatic heterocycles. The van der Waals surface area contributed by atoms with E-state index in [9.17, 15) is 22.0 Å². The zero-order valence-electron chi connectivity index (χ0n) is 8.44. The molecule has 1 atom stereocenters. The molecule has 1 nitrogen and oxygen atoms in total. The SMILES string of the molecule is Cl.N[C@@H](c1ccc(Cl)c(Cl)c1)C(F)(F)C(F)(F)F. The zero-order chi connectivity index (χ0) is 13.4. The fraction of sp³-hybridized carbons (Fsp3) is 0.333. The van der Waals surface area contributed by atoms with Crippen LogP contribution in [0.4, 0.5) is 22.0 Å². The largest absolute Gasteiger partial charge is 0.455 e. The van der Waals surface area contributed by atoms with Gasteiger partial charge in [0.2, 0.25) is 0 Å². The van der Waals surface area contributed by atoms with Crippen molar-refractivity contribution in [2.75, 3.05) is 0 Å². The van der Waals surface area contributed by atoms with Gasteiger partial charge in [0, 0.05) is 0 Å². The van der Waals surface area contributed by atoms with Gasteiger partial charge in [-0.2, -0.15) is 22.0 Å². The summed E-state index contributed by atoms with van der Waals surface area (Å²) in [7, 11) is 0. The highest BCUT2D eigenvalue weighted by molar-refractivity contribution is 6.42. The van der Waals surface area contributed by atoms with Crippen molar-refractivity contribution in [1.29, 1.82) is 0 Å². The molecule has 0 saturated carbocycles. The maximum Gasteiger partial charge on any atom is 0.455 e. The number of rotatable bonds is 2. The lowest BCUT2D eigenvalue weighted by Gasteiger charge is -2.26. The molecule has 0 aliphatic rings. The first-order valence-electron chi connectivity index (χ1n) is 4.22. The van der Waals surface area contributed by atoms with Gasteiger partial charge >= 0.3 is 12.1 Å². The number of halogens is 8. The van der Waals surface area contributed by atoms with E-state index in [1.807, 2.05) is 0 Å². The molecule has 0 spiro atoms. The van der Waals surface area contributed by atoms with Crippen molar-refractivity contribution in [1.82, 2.24) is 0 Å². The van der Waals surface area contributed by atoms with Gasteiger partial charge in [-0.15, -0.1) is 12.4 Å². The summed E-state index contributed by atoms with van der Waals surface area (Å²) in [4.78, 5) is 0. The van der Waals surface area contributed by atoms with Crippen LogP contribution in [0.1, 0.15) is 11.6 Å². The average Bonchev–Trinajstić information content (AvgIpc) is 2.19. The lowest BCUT2D eigenvalue weighted by Crippen LogP contribution is -2.45. The predicted molar refractivity (Wildman–Crippen MR) is 61.6 cm³/mol. The Kier molecular flexibility index (Phi) is 5.68. The number of hydrogen-bond donors (Lipinski definition) is 1. The van der Waals surface area contributed by atoms with Gasteiger partial charge in [0.25, 0.3) is 0 Å². The van der Waals surface area contributed by atoms with Crippen LogP contribution in [0.15, 0.2) is 18.2 Å². The van der Waals surface area contributed by atoms with Crippen molar-refractivity contribution in [2.45, 2.75) is 18.1 Å². The number of nitrogens with two attached hydrogens (primary N) is 1. The molecule has 18 heavy (non-hydrogen) atoms. The molecular weight excluding hydrogens is 323 g/mol. The summed E-state index contributed by atoms with van der Waals surface area (Å²) in [6.07, 6.45) is -5.72. The number of benzene rings is 1. The van der Waals surface area contributed by atoms with Gasteiger partial charge in [-0.25, -0.2) is 0 Å². The molecule has 1 aromatic carbocycles. The third-order valence-electron chi connectivity index (χ3n) is 2.07. The Morgan fingerprint density at radius 2 is 1.50 bits per heavy atom. The second-order valence-corrected chi connectivity index (χ2v) is 4.09. The summed E-state index contributed by atoms with van der Waals surface area (Å²) in [5.74, 6) is -5.04. The van der Waals surface area contributed by atoms with Crippen LogP contribution < -0.4 is 5.73 Å². The highest BCUT2D eigenvalue weighted by Crippen LogP contribution is 2.43. The summed E-state index contributed by atoms with van der Waals surface area (Å²) < 4.78 is 62.0. The molecule has 0 bridgehead atoms. The lowest BCUT2D eigenvalue weighted by atomic mass is 10.0. The van der Waals surface area contributed by atoms with Gasteiger partial charge in [0.15, 0.2) is 0 Å². The molecule has 0 heterocycles. The van der Waals surface area contributed by atoms with Gasteiger partial charge in [-0.3, -0.25) is 0 Å². The van der Waals surface area contributed by atoms with E-state index in [0.29, 0.717) is 0 Å². The molecule has 0 radical (unpaired) electrons. The fourth-order valence-corrected chi connectivity index (χ4v) is 1.40. The van der Waals surface area contributed by atoms with Gasteiger partial charge in [-0.1, -0.05) is 29.3 Å². The Morgan fingerprint density at radius 3 is 1.89 bits per heavy atom. The topological polar surface area (TPSA) is 26.0 Å². The van der Waals surface area contributed by atoms with Crippen molar-refractivity contribution in [2.24, 2.45) is 5.73 Å². The standard InChI is InChI=1S/C9H6Cl2F5N.ClH/c10-5-2-1-4(3-6(5)11)7(17)8(12,13)9(14,15)16;/h1-3,7H,17H2;1H/t7-;/m0./s1. The summed E-state index contributed by atoms with van der Waals surface area (Å²) in [6, 6.07) is 0.426. The summed E-state index contributed by atoms with van der Waals surface area (Å²) in [6.45, 7) is 0. The van der Waals surface area contributed by atoms with E-state index in [1.165, 1.54) is 0 Å². The highest BCUT2D eigenvalue weighted by Gasteiger charge is 2.61. The molecule has 1 aromatic rings. The quantitative estimate of drug-likeness (QED) is 0.787. The van der Waals surface area contributed by atoms with E-state index in [4.69, 9.17) is 28.9 Å². The Bertz CT molecular complexity index is 421. The maximum atomic E-state index is 12.9. The molecule has 0 amide bonds. The minimum Gasteiger partial charge on any atom is -0.319 e. The molecule has 104 valence electrons. The Labute approximate surface area is 115 Å². The highest BCUT2D eigenvalue weighted by atomic mass is 35.5. The first-order chi connectivity index (χ1) is 7.57. The van der Waals surface area contributed by atoms with Crippen molar-refractivity contribution >= 4 is 35.6 Å². The minimum absolute atomic E-state index is 0. The van der Waals surface area contributed by atoms with Gasteiger partial charge in [0.1, 0.15) is 6.04 Å². The third kappa shape index (κ3) is 3.38. The predicted octanol–water partition coefficient (Wildman–Crippen LogP) is 4.61. The normalized spacial score (nSPS) is 14.0. The third-order valence-corrected chi connectivity index (χ3v) is 2.81. The van der Waals surface area contributed by atoms with Gasteiger partial charge < -0.3 is 5.73 Å². The van der Waals surface area contributed by atoms with E-state index >= 15 is 0 Å². The molecule has 0 unspecified atom stereocenters. The van der Waals surface area contributed by atoms with Crippen LogP contribution in [0.25, 0.3) is 0 Å². The van der Waals surface area contributed by atoms with E-state index in [-0.39, 0.29) is 22.5 Å². The second kappa shape index (κ2) is 5.77. The molecule has 0 aliphatic carbocycles. The first-order valence-corrected chi connectivity index (χ1v) is 4.98. The first kappa shape index (κ1) is 17.7. The van der Waals surface area contributed by atoms with Crippen LogP contribution in [0.2, 0.25) is 10.0 Å². The minimum atomic E-state index is -5.72. The van der Waals surface area contributed by atoms with Crippen molar-refractivity contribution in [3.8, 4) is 0 Å². The monoisotopic (exact) mass is 329 g/mol. The van der Waals surface area contributed by atoms with Crippen LogP contribution >= 0.6 is 35.6 Å². The van der Waals surface area contributed by atoms with Crippen LogP contribution in [-0.2, 0) is 0 Å². The van der Waals surface area contributed by atoms with E-state index < -0.39 is 23.7 Å². The van der Waals surface area contributed by atoms with Crippen LogP contribution in [0.5, 0.6) is 0 Å². The molecule has 0 aliphatic heterocycles. The average molecular weight is 331 g/mol. The molecule has 0 fully saturated rings. The molecule has 2 N–H and O–H groups in total. The molecular formula is C9H7Cl3F5N. The lowest BCUT2D eigenvalue weighted by molar-refractivity contribution is -0.291. The molecule has 0 saturated heterocycles. The summed E-state index contributed by atoms with van der Waals surface area (Å²) in [5.41, 5.74) is 4.46. The van der Waals surface area contributed by atoms with Crippen LogP contribution in [0.3, 0.4) is 0 Å². The van der Waals surface area contributed by atoms with Gasteiger partial charge in [0.05, 0.1) is 10.0 Å². The van der Waals surface area contributed by atoms with Crippen molar-refractivity contribution < 1.29 is 22.0 Å². The van der Waals surface area contributed by atoms with Crippen molar-refractivity contribution in [3.63, 3.8) is 0 Å². The summed E-state index contributed by atoms with van der Waals surface area (Å²) >= 11 is 11.0. The van der Waals surface area contributed by atoms with E-state index in [0.717, 1.165) is 18.2 Å². The van der Waals surface area contributed by atoms with Crippen LogP contribution in [-0.4, -0.2) is 12.1 Å². The Balaban J connectivity index is 0.00000289. The second-order valence-electron chi connectivity index (χ2n) is 3.27. The zero-order valence-corrected chi connectivity index (χ0v) is 10.8. The van der Waals surface area contributed by atoms with Crippen molar-refractivity contribution in [3.05, 3.63) is 33.8 Å². The maximum absolute atomic E-state index is 12.9. The Morgan fingerprint density at radius 1 is 1.00 bits per heavy atom. The number of hydrogen-bond acceptors (Lipinski definition) is 1. The molecule has 1 rings (SSSR count). The van der Waals surface area contributed by atoms with E-state index in [1.54, 1.807) is 0 Å². The smallest absolute Gasteiger partial charge is 0.319 e. The van der Waals surface area contributed by atoms with E-state index in [2.05, 4.69) is 0 Å². The van der Waals surface area contributed by atoms with Gasteiger partial charge in [-0.05, 0) is 17.7 Å².